The van der Waals surface area contributed by atoms with Crippen molar-refractivity contribution in [3.05, 3.63) is 23.0 Å². The van der Waals surface area contributed by atoms with E-state index in [4.69, 9.17) is 4.74 Å². The largest absolute Gasteiger partial charge is 0.496 e. The second kappa shape index (κ2) is 8.29. The van der Waals surface area contributed by atoms with Crippen LogP contribution in [0.3, 0.4) is 0 Å². The van der Waals surface area contributed by atoms with Crippen molar-refractivity contribution >= 4 is 12.4 Å². The Kier molecular flexibility index (Phi) is 6.65. The Morgan fingerprint density at radius 2 is 2.00 bits per heavy atom. The van der Waals surface area contributed by atoms with Crippen molar-refractivity contribution < 1.29 is 4.74 Å². The van der Waals surface area contributed by atoms with E-state index < -0.39 is 0 Å². The molecular weight excluding hydrogens is 312 g/mol. The lowest BCUT2D eigenvalue weighted by atomic mass is 10.1. The number of halogens is 1. The van der Waals surface area contributed by atoms with Gasteiger partial charge in [-0.05, 0) is 20.3 Å². The molecule has 2 aliphatic rings. The molecule has 23 heavy (non-hydrogen) atoms. The van der Waals surface area contributed by atoms with E-state index in [0.717, 1.165) is 49.2 Å². The van der Waals surface area contributed by atoms with Gasteiger partial charge in [0.25, 0.3) is 0 Å². The number of pyridine rings is 1. The maximum Gasteiger partial charge on any atom is 0.128 e. The third-order valence-corrected chi connectivity index (χ3v) is 5.04. The van der Waals surface area contributed by atoms with Gasteiger partial charge >= 0.3 is 0 Å². The minimum atomic E-state index is 0. The van der Waals surface area contributed by atoms with Crippen molar-refractivity contribution in [3.63, 3.8) is 0 Å². The highest BCUT2D eigenvalue weighted by molar-refractivity contribution is 5.85. The lowest BCUT2D eigenvalue weighted by molar-refractivity contribution is 0.170. The molecule has 3 heterocycles. The number of methoxy groups -OCH3 is 1. The molecule has 0 radical (unpaired) electrons. The third-order valence-electron chi connectivity index (χ3n) is 5.04. The molecule has 2 fully saturated rings. The van der Waals surface area contributed by atoms with Crippen LogP contribution < -0.4 is 10.1 Å². The summed E-state index contributed by atoms with van der Waals surface area (Å²) in [6.07, 6.45) is 3.22. The Labute approximate surface area is 145 Å². The van der Waals surface area contributed by atoms with Crippen LogP contribution in [0.4, 0.5) is 0 Å². The molecule has 0 amide bonds. The second-order valence-corrected chi connectivity index (χ2v) is 6.51. The highest BCUT2D eigenvalue weighted by Gasteiger charge is 2.28. The van der Waals surface area contributed by atoms with Crippen LogP contribution in [-0.4, -0.2) is 67.2 Å². The summed E-state index contributed by atoms with van der Waals surface area (Å²) in [4.78, 5) is 9.83. The molecule has 0 saturated carbocycles. The van der Waals surface area contributed by atoms with Crippen LogP contribution in [0.25, 0.3) is 0 Å². The number of aryl methyl sites for hydroxylation is 1. The molecular formula is C17H29ClN4O. The number of aromatic nitrogens is 1. The SMILES string of the molecule is COc1c(C)cnc(CN2CCC(N3CCNCC3)C2)c1C.Cl. The molecule has 2 saturated heterocycles. The van der Waals surface area contributed by atoms with Crippen molar-refractivity contribution in [1.82, 2.24) is 20.1 Å². The van der Waals surface area contributed by atoms with Crippen LogP contribution >= 0.6 is 12.4 Å². The summed E-state index contributed by atoms with van der Waals surface area (Å²) in [7, 11) is 1.75. The Morgan fingerprint density at radius 3 is 2.70 bits per heavy atom. The van der Waals surface area contributed by atoms with Gasteiger partial charge in [0.15, 0.2) is 0 Å². The van der Waals surface area contributed by atoms with E-state index in [0.29, 0.717) is 0 Å². The molecule has 5 nitrogen and oxygen atoms in total. The van der Waals surface area contributed by atoms with Crippen LogP contribution in [0.2, 0.25) is 0 Å². The maximum absolute atomic E-state index is 5.52. The van der Waals surface area contributed by atoms with Crippen molar-refractivity contribution in [2.24, 2.45) is 0 Å². The molecule has 6 heteroatoms. The van der Waals surface area contributed by atoms with Gasteiger partial charge in [-0.3, -0.25) is 14.8 Å². The van der Waals surface area contributed by atoms with Crippen LogP contribution in [0, 0.1) is 13.8 Å². The summed E-state index contributed by atoms with van der Waals surface area (Å²) in [5.74, 6) is 0.989. The van der Waals surface area contributed by atoms with E-state index in [1.807, 2.05) is 6.20 Å². The maximum atomic E-state index is 5.52. The van der Waals surface area contributed by atoms with Gasteiger partial charge in [-0.15, -0.1) is 12.4 Å². The molecule has 0 spiro atoms. The molecule has 0 bridgehead atoms. The summed E-state index contributed by atoms with van der Waals surface area (Å²) >= 11 is 0. The second-order valence-electron chi connectivity index (χ2n) is 6.51. The summed E-state index contributed by atoms with van der Waals surface area (Å²) < 4.78 is 5.52. The first-order chi connectivity index (χ1) is 10.7. The predicted molar refractivity (Wildman–Crippen MR) is 95.6 cm³/mol. The zero-order chi connectivity index (χ0) is 15.5. The minimum absolute atomic E-state index is 0. The summed E-state index contributed by atoms with van der Waals surface area (Å²) in [5, 5.41) is 3.44. The number of nitrogens with one attached hydrogen (secondary N) is 1. The van der Waals surface area contributed by atoms with Crippen molar-refractivity contribution in [2.75, 3.05) is 46.4 Å². The number of ether oxygens (including phenoxy) is 1. The highest BCUT2D eigenvalue weighted by atomic mass is 35.5. The zero-order valence-corrected chi connectivity index (χ0v) is 15.3. The van der Waals surface area contributed by atoms with Gasteiger partial charge < -0.3 is 10.1 Å². The topological polar surface area (TPSA) is 40.6 Å². The minimum Gasteiger partial charge on any atom is -0.496 e. The normalized spacial score (nSPS) is 22.8. The third kappa shape index (κ3) is 4.15. The molecule has 1 aromatic rings. The van der Waals surface area contributed by atoms with Gasteiger partial charge in [0.2, 0.25) is 0 Å². The fraction of sp³-hybridized carbons (Fsp3) is 0.706. The Balaban J connectivity index is 0.00000192. The number of rotatable bonds is 4. The summed E-state index contributed by atoms with van der Waals surface area (Å²) in [6.45, 7) is 12.1. The molecule has 1 atom stereocenters. The van der Waals surface area contributed by atoms with Gasteiger partial charge in [0, 0.05) is 69.2 Å². The molecule has 1 N–H and O–H groups in total. The zero-order valence-electron chi connectivity index (χ0n) is 14.5. The number of piperazine rings is 1. The number of likely N-dealkylation sites (tertiary alicyclic amines) is 1. The quantitative estimate of drug-likeness (QED) is 0.901. The fourth-order valence-corrected chi connectivity index (χ4v) is 3.74. The average molecular weight is 341 g/mol. The van der Waals surface area contributed by atoms with Gasteiger partial charge in [-0.2, -0.15) is 0 Å². The number of hydrogen-bond acceptors (Lipinski definition) is 5. The van der Waals surface area contributed by atoms with Crippen molar-refractivity contribution in [1.29, 1.82) is 0 Å². The first kappa shape index (κ1) is 18.5. The Morgan fingerprint density at radius 1 is 1.26 bits per heavy atom. The van der Waals surface area contributed by atoms with Crippen molar-refractivity contribution in [3.8, 4) is 5.75 Å². The van der Waals surface area contributed by atoms with E-state index in [1.165, 1.54) is 31.6 Å². The Hall–Kier alpha value is -0.880. The fourth-order valence-electron chi connectivity index (χ4n) is 3.74. The van der Waals surface area contributed by atoms with E-state index in [1.54, 1.807) is 7.11 Å². The highest BCUT2D eigenvalue weighted by Crippen LogP contribution is 2.26. The number of hydrogen-bond donors (Lipinski definition) is 1. The van der Waals surface area contributed by atoms with Crippen LogP contribution in [0.1, 0.15) is 23.2 Å². The summed E-state index contributed by atoms with van der Waals surface area (Å²) in [6, 6.07) is 0.717. The van der Waals surface area contributed by atoms with E-state index >= 15 is 0 Å². The van der Waals surface area contributed by atoms with Gasteiger partial charge in [-0.1, -0.05) is 0 Å². The van der Waals surface area contributed by atoms with Crippen LogP contribution in [-0.2, 0) is 6.54 Å². The van der Waals surface area contributed by atoms with Gasteiger partial charge in [0.05, 0.1) is 12.8 Å². The number of nitrogens with zero attached hydrogens (tertiary/aromatic N) is 3. The molecule has 0 aromatic carbocycles. The predicted octanol–water partition coefficient (Wildman–Crippen LogP) is 1.61. The lowest BCUT2D eigenvalue weighted by Gasteiger charge is -2.32. The van der Waals surface area contributed by atoms with Crippen LogP contribution in [0.15, 0.2) is 6.20 Å². The van der Waals surface area contributed by atoms with Crippen LogP contribution in [0.5, 0.6) is 5.75 Å². The molecule has 1 unspecified atom stereocenters. The monoisotopic (exact) mass is 340 g/mol. The molecule has 0 aliphatic carbocycles. The molecule has 2 aliphatic heterocycles. The van der Waals surface area contributed by atoms with E-state index in [2.05, 4.69) is 33.9 Å². The Bertz CT molecular complexity index is 520. The van der Waals surface area contributed by atoms with E-state index in [-0.39, 0.29) is 12.4 Å². The van der Waals surface area contributed by atoms with Gasteiger partial charge in [-0.25, -0.2) is 0 Å². The first-order valence-electron chi connectivity index (χ1n) is 8.35. The van der Waals surface area contributed by atoms with Crippen molar-refractivity contribution in [2.45, 2.75) is 32.9 Å². The molecule has 130 valence electrons. The smallest absolute Gasteiger partial charge is 0.128 e. The van der Waals surface area contributed by atoms with Gasteiger partial charge in [0.1, 0.15) is 5.75 Å². The summed E-state index contributed by atoms with van der Waals surface area (Å²) in [5.41, 5.74) is 3.46. The van der Waals surface area contributed by atoms with E-state index in [9.17, 15) is 0 Å². The first-order valence-corrected chi connectivity index (χ1v) is 8.35. The lowest BCUT2D eigenvalue weighted by Crippen LogP contribution is -2.49. The molecule has 3 rings (SSSR count). The average Bonchev–Trinajstić information content (AvgIpc) is 3.00. The molecule has 1 aromatic heterocycles. The standard InChI is InChI=1S/C17H28N4O.ClH/c1-13-10-19-16(14(2)17(13)22-3)12-20-7-4-15(11-20)21-8-5-18-6-9-21;/h10,15,18H,4-9,11-12H2,1-3H3;1H.